The monoisotopic (exact) mass is 340 g/mol. The van der Waals surface area contributed by atoms with Crippen LogP contribution >= 0.6 is 0 Å². The predicted molar refractivity (Wildman–Crippen MR) is 93.6 cm³/mol. The van der Waals surface area contributed by atoms with Gasteiger partial charge < -0.3 is 19.3 Å². The van der Waals surface area contributed by atoms with Gasteiger partial charge in [-0.05, 0) is 31.5 Å². The van der Waals surface area contributed by atoms with Crippen molar-refractivity contribution in [1.82, 2.24) is 15.1 Å². The summed E-state index contributed by atoms with van der Waals surface area (Å²) in [6.45, 7) is 4.45. The van der Waals surface area contributed by atoms with Gasteiger partial charge in [-0.1, -0.05) is 23.4 Å². The minimum atomic E-state index is 0.102. The fraction of sp³-hybridized carbons (Fsp3) is 0.278. The predicted octanol–water partition coefficient (Wildman–Crippen LogP) is 3.54. The Labute approximate surface area is 146 Å². The Bertz CT molecular complexity index is 815. The van der Waals surface area contributed by atoms with Crippen LogP contribution in [0, 0.1) is 0 Å². The van der Waals surface area contributed by atoms with Crippen LogP contribution < -0.4 is 14.8 Å². The normalized spacial score (nSPS) is 10.7. The molecule has 0 spiro atoms. The number of nitrogens with one attached hydrogen (secondary N) is 1. The molecule has 0 fully saturated rings. The van der Waals surface area contributed by atoms with Crippen LogP contribution in [0.2, 0.25) is 0 Å². The van der Waals surface area contributed by atoms with Crippen molar-refractivity contribution in [3.05, 3.63) is 48.2 Å². The number of methoxy groups -OCH3 is 1. The van der Waals surface area contributed by atoms with Crippen molar-refractivity contribution >= 4 is 6.01 Å². The maximum Gasteiger partial charge on any atom is 0.322 e. The Morgan fingerprint density at radius 2 is 2.08 bits per heavy atom. The molecular weight excluding hydrogens is 320 g/mol. The Hall–Kier alpha value is -3.09. The van der Waals surface area contributed by atoms with Crippen LogP contribution in [0.3, 0.4) is 0 Å². The highest BCUT2D eigenvalue weighted by atomic mass is 16.5. The molecule has 0 aliphatic rings. The van der Waals surface area contributed by atoms with Crippen LogP contribution in [-0.4, -0.2) is 28.3 Å². The Morgan fingerprint density at radius 3 is 2.80 bits per heavy atom. The molecule has 2 heterocycles. The molecule has 1 N–H and O–H groups in total. The average molecular weight is 340 g/mol. The van der Waals surface area contributed by atoms with Crippen molar-refractivity contribution in [3.63, 3.8) is 0 Å². The smallest absolute Gasteiger partial charge is 0.322 e. The zero-order valence-electron chi connectivity index (χ0n) is 14.4. The maximum absolute atomic E-state index is 5.52. The number of rotatable bonds is 7. The standard InChI is InChI=1S/C18H20N4O3/c1-12(2)24-16-8-7-13(10-19-16)11-20-18-21-17(22-25-18)14-5-4-6-15(9-14)23-3/h4-10,12H,11H2,1-3H3,(H,20,21,22). The molecule has 0 saturated heterocycles. The molecule has 0 unspecified atom stereocenters. The molecule has 7 nitrogen and oxygen atoms in total. The summed E-state index contributed by atoms with van der Waals surface area (Å²) in [6.07, 6.45) is 1.86. The fourth-order valence-electron chi connectivity index (χ4n) is 2.18. The van der Waals surface area contributed by atoms with Crippen LogP contribution in [0.15, 0.2) is 47.1 Å². The molecule has 25 heavy (non-hydrogen) atoms. The number of pyridine rings is 1. The van der Waals surface area contributed by atoms with Gasteiger partial charge in [0.15, 0.2) is 0 Å². The second-order valence-electron chi connectivity index (χ2n) is 5.68. The van der Waals surface area contributed by atoms with Crippen LogP contribution in [0.5, 0.6) is 11.6 Å². The van der Waals surface area contributed by atoms with Gasteiger partial charge in [-0.15, -0.1) is 0 Å². The van der Waals surface area contributed by atoms with Crippen molar-refractivity contribution < 1.29 is 14.0 Å². The third-order valence-corrected chi connectivity index (χ3v) is 3.35. The maximum atomic E-state index is 5.52. The summed E-state index contributed by atoms with van der Waals surface area (Å²) in [6, 6.07) is 11.6. The molecule has 1 aromatic carbocycles. The molecule has 0 bridgehead atoms. The SMILES string of the molecule is COc1cccc(-c2noc(NCc3ccc(OC(C)C)nc3)n2)c1. The van der Waals surface area contributed by atoms with E-state index in [4.69, 9.17) is 14.0 Å². The van der Waals surface area contributed by atoms with E-state index in [1.165, 1.54) is 0 Å². The largest absolute Gasteiger partial charge is 0.497 e. The topological polar surface area (TPSA) is 82.3 Å². The Balaban J connectivity index is 1.61. The van der Waals surface area contributed by atoms with E-state index in [0.717, 1.165) is 16.9 Å². The highest BCUT2D eigenvalue weighted by Crippen LogP contribution is 2.22. The third kappa shape index (κ3) is 4.47. The molecule has 2 aromatic heterocycles. The van der Waals surface area contributed by atoms with E-state index < -0.39 is 0 Å². The first-order valence-corrected chi connectivity index (χ1v) is 7.97. The van der Waals surface area contributed by atoms with E-state index >= 15 is 0 Å². The van der Waals surface area contributed by atoms with Crippen LogP contribution in [0.4, 0.5) is 6.01 Å². The molecule has 0 atom stereocenters. The molecular formula is C18H20N4O3. The molecule has 3 rings (SSSR count). The molecule has 7 heteroatoms. The zero-order chi connectivity index (χ0) is 17.6. The minimum absolute atomic E-state index is 0.102. The van der Waals surface area contributed by atoms with Gasteiger partial charge >= 0.3 is 6.01 Å². The number of nitrogens with zero attached hydrogens (tertiary/aromatic N) is 3. The Kier molecular flexibility index (Phi) is 5.13. The summed E-state index contributed by atoms with van der Waals surface area (Å²) in [5.74, 6) is 1.85. The molecule has 0 radical (unpaired) electrons. The number of benzene rings is 1. The third-order valence-electron chi connectivity index (χ3n) is 3.35. The summed E-state index contributed by atoms with van der Waals surface area (Å²) in [4.78, 5) is 8.60. The lowest BCUT2D eigenvalue weighted by Gasteiger charge is -2.08. The first kappa shape index (κ1) is 16.8. The molecule has 0 aliphatic carbocycles. The van der Waals surface area contributed by atoms with Crippen LogP contribution in [0.1, 0.15) is 19.4 Å². The minimum Gasteiger partial charge on any atom is -0.497 e. The molecule has 0 amide bonds. The summed E-state index contributed by atoms with van der Waals surface area (Å²) in [5.41, 5.74) is 1.81. The second kappa shape index (κ2) is 7.65. The summed E-state index contributed by atoms with van der Waals surface area (Å²) in [7, 11) is 1.62. The van der Waals surface area contributed by atoms with Crippen molar-refractivity contribution in [3.8, 4) is 23.0 Å². The van der Waals surface area contributed by atoms with Crippen molar-refractivity contribution in [2.24, 2.45) is 0 Å². The van der Waals surface area contributed by atoms with Crippen LogP contribution in [-0.2, 0) is 6.54 Å². The zero-order valence-corrected chi connectivity index (χ0v) is 14.4. The lowest BCUT2D eigenvalue weighted by Crippen LogP contribution is -2.07. The Morgan fingerprint density at radius 1 is 1.20 bits per heavy atom. The average Bonchev–Trinajstić information content (AvgIpc) is 3.10. The van der Waals surface area contributed by atoms with Gasteiger partial charge in [0.25, 0.3) is 0 Å². The van der Waals surface area contributed by atoms with Gasteiger partial charge in [0.1, 0.15) is 5.75 Å². The van der Waals surface area contributed by atoms with Crippen molar-refractivity contribution in [2.75, 3.05) is 12.4 Å². The molecule has 0 saturated carbocycles. The summed E-state index contributed by atoms with van der Waals surface area (Å²) < 4.78 is 16.0. The van der Waals surface area contributed by atoms with Crippen molar-refractivity contribution in [2.45, 2.75) is 26.5 Å². The van der Waals surface area contributed by atoms with E-state index in [2.05, 4.69) is 20.4 Å². The number of ether oxygens (including phenoxy) is 2. The quantitative estimate of drug-likeness (QED) is 0.704. The van der Waals surface area contributed by atoms with E-state index in [1.54, 1.807) is 13.3 Å². The molecule has 130 valence electrons. The highest BCUT2D eigenvalue weighted by Gasteiger charge is 2.09. The van der Waals surface area contributed by atoms with Crippen molar-refractivity contribution in [1.29, 1.82) is 0 Å². The van der Waals surface area contributed by atoms with Crippen LogP contribution in [0.25, 0.3) is 11.4 Å². The van der Waals surface area contributed by atoms with E-state index in [1.807, 2.05) is 50.2 Å². The first-order chi connectivity index (χ1) is 12.1. The van der Waals surface area contributed by atoms with Gasteiger partial charge in [0, 0.05) is 24.4 Å². The van der Waals surface area contributed by atoms with Gasteiger partial charge in [-0.3, -0.25) is 0 Å². The van der Waals surface area contributed by atoms with E-state index in [-0.39, 0.29) is 6.10 Å². The van der Waals surface area contributed by atoms with E-state index in [9.17, 15) is 0 Å². The number of hydrogen-bond donors (Lipinski definition) is 1. The number of hydrogen-bond acceptors (Lipinski definition) is 7. The van der Waals surface area contributed by atoms with Gasteiger partial charge in [0.05, 0.1) is 13.2 Å². The van der Waals surface area contributed by atoms with Gasteiger partial charge in [-0.2, -0.15) is 4.98 Å². The first-order valence-electron chi connectivity index (χ1n) is 7.97. The summed E-state index contributed by atoms with van der Waals surface area (Å²) in [5, 5.41) is 7.07. The lowest BCUT2D eigenvalue weighted by atomic mass is 10.2. The lowest BCUT2D eigenvalue weighted by molar-refractivity contribution is 0.232. The number of aromatic nitrogens is 3. The second-order valence-corrected chi connectivity index (χ2v) is 5.68. The van der Waals surface area contributed by atoms with Gasteiger partial charge in [-0.25, -0.2) is 4.98 Å². The summed E-state index contributed by atoms with van der Waals surface area (Å²) >= 11 is 0. The highest BCUT2D eigenvalue weighted by molar-refractivity contribution is 5.57. The van der Waals surface area contributed by atoms with Gasteiger partial charge in [0.2, 0.25) is 11.7 Å². The molecule has 0 aliphatic heterocycles. The molecule has 3 aromatic rings. The van der Waals surface area contributed by atoms with E-state index in [0.29, 0.717) is 24.3 Å². The number of anilines is 1. The fourth-order valence-corrected chi connectivity index (χ4v) is 2.18.